The quantitative estimate of drug-likeness (QED) is 0.542. The molecule has 0 spiro atoms. The Morgan fingerprint density at radius 2 is 1.86 bits per heavy atom. The Labute approximate surface area is 166 Å². The van der Waals surface area contributed by atoms with Crippen molar-refractivity contribution in [3.8, 4) is 5.75 Å². The lowest BCUT2D eigenvalue weighted by Gasteiger charge is -2.23. The molecule has 0 atom stereocenters. The molecule has 0 heterocycles. The SMILES string of the molecule is CCOc1ccc(/C=N\NC(=O)CN(c2cccc(C)c2C)S(C)(=O)=O)cc1. The van der Waals surface area contributed by atoms with Gasteiger partial charge in [0.05, 0.1) is 24.8 Å². The number of carbonyl (C=O) groups is 1. The predicted octanol–water partition coefficient (Wildman–Crippen LogP) is 2.62. The molecule has 0 radical (unpaired) electrons. The first-order valence-electron chi connectivity index (χ1n) is 8.81. The van der Waals surface area contributed by atoms with Crippen LogP contribution < -0.4 is 14.5 Å². The van der Waals surface area contributed by atoms with Gasteiger partial charge in [-0.05, 0) is 67.8 Å². The summed E-state index contributed by atoms with van der Waals surface area (Å²) in [5, 5.41) is 3.90. The van der Waals surface area contributed by atoms with Gasteiger partial charge in [0.2, 0.25) is 10.0 Å². The van der Waals surface area contributed by atoms with Crippen LogP contribution >= 0.6 is 0 Å². The molecule has 0 aromatic heterocycles. The van der Waals surface area contributed by atoms with Gasteiger partial charge in [-0.2, -0.15) is 5.10 Å². The maximum atomic E-state index is 12.2. The Bertz CT molecular complexity index is 954. The molecule has 2 aromatic carbocycles. The molecule has 28 heavy (non-hydrogen) atoms. The molecule has 8 heteroatoms. The van der Waals surface area contributed by atoms with Crippen LogP contribution in [0.3, 0.4) is 0 Å². The highest BCUT2D eigenvalue weighted by atomic mass is 32.2. The minimum absolute atomic E-state index is 0.357. The molecular formula is C20H25N3O4S. The average molecular weight is 404 g/mol. The summed E-state index contributed by atoms with van der Waals surface area (Å²) in [5.74, 6) is 0.217. The van der Waals surface area contributed by atoms with E-state index < -0.39 is 15.9 Å². The summed E-state index contributed by atoms with van der Waals surface area (Å²) < 4.78 is 30.9. The van der Waals surface area contributed by atoms with Gasteiger partial charge in [-0.3, -0.25) is 9.10 Å². The number of ether oxygens (including phenoxy) is 1. The zero-order valence-corrected chi connectivity index (χ0v) is 17.3. The lowest BCUT2D eigenvalue weighted by molar-refractivity contribution is -0.119. The van der Waals surface area contributed by atoms with Crippen LogP contribution in [0.15, 0.2) is 47.6 Å². The third-order valence-electron chi connectivity index (χ3n) is 4.13. The van der Waals surface area contributed by atoms with Crippen molar-refractivity contribution in [3.05, 3.63) is 59.2 Å². The molecule has 7 nitrogen and oxygen atoms in total. The van der Waals surface area contributed by atoms with Gasteiger partial charge in [0, 0.05) is 0 Å². The van der Waals surface area contributed by atoms with E-state index in [9.17, 15) is 13.2 Å². The number of hydrogen-bond acceptors (Lipinski definition) is 5. The number of anilines is 1. The summed E-state index contributed by atoms with van der Waals surface area (Å²) in [5.41, 5.74) is 5.38. The fourth-order valence-electron chi connectivity index (χ4n) is 2.55. The molecular weight excluding hydrogens is 378 g/mol. The highest BCUT2D eigenvalue weighted by molar-refractivity contribution is 7.92. The van der Waals surface area contributed by atoms with Crippen LogP contribution in [0.25, 0.3) is 0 Å². The summed E-state index contributed by atoms with van der Waals surface area (Å²) in [7, 11) is -3.63. The normalized spacial score (nSPS) is 11.4. The molecule has 0 aliphatic rings. The molecule has 0 fully saturated rings. The third kappa shape index (κ3) is 5.82. The van der Waals surface area contributed by atoms with E-state index in [-0.39, 0.29) is 6.54 Å². The van der Waals surface area contributed by atoms with Gasteiger partial charge in [-0.1, -0.05) is 12.1 Å². The summed E-state index contributed by atoms with van der Waals surface area (Å²) >= 11 is 0. The van der Waals surface area contributed by atoms with Crippen LogP contribution in [0.5, 0.6) is 5.75 Å². The van der Waals surface area contributed by atoms with Crippen LogP contribution in [-0.2, 0) is 14.8 Å². The van der Waals surface area contributed by atoms with Gasteiger partial charge in [-0.25, -0.2) is 13.8 Å². The zero-order chi connectivity index (χ0) is 20.7. The largest absolute Gasteiger partial charge is 0.494 e. The fourth-order valence-corrected chi connectivity index (χ4v) is 3.46. The Hall–Kier alpha value is -2.87. The Kier molecular flexibility index (Phi) is 7.17. The second-order valence-electron chi connectivity index (χ2n) is 6.28. The van der Waals surface area contributed by atoms with E-state index in [2.05, 4.69) is 10.5 Å². The van der Waals surface area contributed by atoms with Crippen LogP contribution in [0.4, 0.5) is 5.69 Å². The standard InChI is InChI=1S/C20H25N3O4S/c1-5-27-18-11-9-17(10-12-18)13-21-22-20(24)14-23(28(4,25)26)19-8-6-7-15(2)16(19)3/h6-13H,5,14H2,1-4H3,(H,22,24)/b21-13-. The number of benzene rings is 2. The van der Waals surface area contributed by atoms with E-state index in [1.807, 2.05) is 26.8 Å². The first kappa shape index (κ1) is 21.4. The molecule has 2 rings (SSSR count). The molecule has 150 valence electrons. The number of amides is 1. The number of hydrogen-bond donors (Lipinski definition) is 1. The predicted molar refractivity (Wildman–Crippen MR) is 111 cm³/mol. The van der Waals surface area contributed by atoms with E-state index in [0.29, 0.717) is 12.3 Å². The summed E-state index contributed by atoms with van der Waals surface area (Å²) in [6.07, 6.45) is 2.56. The van der Waals surface area contributed by atoms with Crippen LogP contribution in [0.1, 0.15) is 23.6 Å². The van der Waals surface area contributed by atoms with Gasteiger partial charge >= 0.3 is 0 Å². The number of nitrogens with zero attached hydrogens (tertiary/aromatic N) is 2. The van der Waals surface area contributed by atoms with Crippen LogP contribution in [0.2, 0.25) is 0 Å². The average Bonchev–Trinajstić information content (AvgIpc) is 2.63. The summed E-state index contributed by atoms with van der Waals surface area (Å²) in [4.78, 5) is 12.2. The molecule has 1 amide bonds. The highest BCUT2D eigenvalue weighted by Gasteiger charge is 2.22. The second kappa shape index (κ2) is 9.36. The Morgan fingerprint density at radius 1 is 1.18 bits per heavy atom. The third-order valence-corrected chi connectivity index (χ3v) is 5.25. The van der Waals surface area contributed by atoms with Gasteiger partial charge < -0.3 is 4.74 Å². The van der Waals surface area contributed by atoms with Crippen molar-refractivity contribution < 1.29 is 17.9 Å². The van der Waals surface area contributed by atoms with Crippen molar-refractivity contribution in [2.24, 2.45) is 5.10 Å². The maximum absolute atomic E-state index is 12.2. The van der Waals surface area contributed by atoms with Gasteiger partial charge in [0.25, 0.3) is 5.91 Å². The Balaban J connectivity index is 2.07. The van der Waals surface area contributed by atoms with Gasteiger partial charge in [0.15, 0.2) is 0 Å². The molecule has 0 bridgehead atoms. The van der Waals surface area contributed by atoms with Crippen molar-refractivity contribution in [2.75, 3.05) is 23.7 Å². The van der Waals surface area contributed by atoms with Crippen LogP contribution in [-0.4, -0.2) is 39.9 Å². The number of carbonyl (C=O) groups excluding carboxylic acids is 1. The number of nitrogens with one attached hydrogen (secondary N) is 1. The first-order valence-corrected chi connectivity index (χ1v) is 10.7. The molecule has 1 N–H and O–H groups in total. The summed E-state index contributed by atoms with van der Waals surface area (Å²) in [6, 6.07) is 12.6. The van der Waals surface area contributed by atoms with Gasteiger partial charge in [0.1, 0.15) is 12.3 Å². The van der Waals surface area contributed by atoms with E-state index in [4.69, 9.17) is 4.74 Å². The van der Waals surface area contributed by atoms with E-state index in [1.54, 1.807) is 36.4 Å². The highest BCUT2D eigenvalue weighted by Crippen LogP contribution is 2.24. The zero-order valence-electron chi connectivity index (χ0n) is 16.5. The van der Waals surface area contributed by atoms with E-state index in [1.165, 1.54) is 6.21 Å². The molecule has 0 aliphatic carbocycles. The lowest BCUT2D eigenvalue weighted by atomic mass is 10.1. The van der Waals surface area contributed by atoms with Crippen molar-refractivity contribution in [3.63, 3.8) is 0 Å². The molecule has 0 saturated carbocycles. The number of rotatable bonds is 8. The molecule has 0 unspecified atom stereocenters. The fraction of sp³-hybridized carbons (Fsp3) is 0.300. The van der Waals surface area contributed by atoms with E-state index >= 15 is 0 Å². The van der Waals surface area contributed by atoms with Gasteiger partial charge in [-0.15, -0.1) is 0 Å². The Morgan fingerprint density at radius 3 is 2.46 bits per heavy atom. The molecule has 0 saturated heterocycles. The van der Waals surface area contributed by atoms with Crippen molar-refractivity contribution in [1.29, 1.82) is 0 Å². The van der Waals surface area contributed by atoms with Crippen molar-refractivity contribution >= 4 is 27.8 Å². The van der Waals surface area contributed by atoms with Crippen molar-refractivity contribution in [2.45, 2.75) is 20.8 Å². The van der Waals surface area contributed by atoms with Crippen molar-refractivity contribution in [1.82, 2.24) is 5.43 Å². The second-order valence-corrected chi connectivity index (χ2v) is 8.19. The minimum Gasteiger partial charge on any atom is -0.494 e. The van der Waals surface area contributed by atoms with E-state index in [0.717, 1.165) is 33.0 Å². The number of sulfonamides is 1. The number of aryl methyl sites for hydroxylation is 1. The monoisotopic (exact) mass is 403 g/mol. The molecule has 2 aromatic rings. The lowest BCUT2D eigenvalue weighted by Crippen LogP contribution is -2.39. The number of hydrazone groups is 1. The minimum atomic E-state index is -3.63. The maximum Gasteiger partial charge on any atom is 0.260 e. The summed E-state index contributed by atoms with van der Waals surface area (Å²) in [6.45, 7) is 5.85. The molecule has 0 aliphatic heterocycles. The van der Waals surface area contributed by atoms with Crippen LogP contribution in [0, 0.1) is 13.8 Å². The topological polar surface area (TPSA) is 88.1 Å². The first-order chi connectivity index (χ1) is 13.2. The smallest absolute Gasteiger partial charge is 0.260 e.